The van der Waals surface area contributed by atoms with Gasteiger partial charge in [0.2, 0.25) is 0 Å². The summed E-state index contributed by atoms with van der Waals surface area (Å²) < 4.78 is 17.9. The number of aliphatic imine (C=N–C) groups is 1. The number of likely N-dealkylation sites (N-methyl/N-ethyl adjacent to an activating group) is 1. The Morgan fingerprint density at radius 3 is 2.48 bits per heavy atom. The molecule has 0 fully saturated rings. The average Bonchev–Trinajstić information content (AvgIpc) is 2.67. The maximum atomic E-state index is 12.2. The van der Waals surface area contributed by atoms with Crippen molar-refractivity contribution in [3.05, 3.63) is 59.6 Å². The first-order valence-electron chi connectivity index (χ1n) is 8.33. The summed E-state index contributed by atoms with van der Waals surface area (Å²) in [5.74, 6) is 2.05. The lowest BCUT2D eigenvalue weighted by Crippen LogP contribution is -2.42. The van der Waals surface area contributed by atoms with E-state index >= 15 is 0 Å². The number of benzene rings is 2. The van der Waals surface area contributed by atoms with E-state index < -0.39 is 10.8 Å². The van der Waals surface area contributed by atoms with Crippen LogP contribution in [0, 0.1) is 0 Å². The van der Waals surface area contributed by atoms with E-state index in [2.05, 4.69) is 10.3 Å². The van der Waals surface area contributed by atoms with Gasteiger partial charge in [0.15, 0.2) is 5.96 Å². The van der Waals surface area contributed by atoms with Gasteiger partial charge in [0.05, 0.1) is 17.3 Å². The van der Waals surface area contributed by atoms with Crippen molar-refractivity contribution in [3.8, 4) is 5.75 Å². The molecule has 0 saturated heterocycles. The Morgan fingerprint density at radius 1 is 1.19 bits per heavy atom. The van der Waals surface area contributed by atoms with Crippen LogP contribution in [0.1, 0.15) is 0 Å². The first-order valence-corrected chi connectivity index (χ1v) is 10.0. The molecule has 27 heavy (non-hydrogen) atoms. The molecule has 0 bridgehead atoms. The van der Waals surface area contributed by atoms with Gasteiger partial charge >= 0.3 is 0 Å². The molecule has 0 saturated carbocycles. The van der Waals surface area contributed by atoms with Gasteiger partial charge in [-0.05, 0) is 36.4 Å². The van der Waals surface area contributed by atoms with Crippen LogP contribution in [0.15, 0.2) is 64.5 Å². The van der Waals surface area contributed by atoms with E-state index in [-0.39, 0.29) is 24.0 Å². The lowest BCUT2D eigenvalue weighted by molar-refractivity contribution is 0.281. The highest BCUT2D eigenvalue weighted by Gasteiger charge is 2.07. The normalized spacial score (nSPS) is 12.0. The summed E-state index contributed by atoms with van der Waals surface area (Å²) in [6.07, 6.45) is 0. The molecule has 2 rings (SSSR count). The summed E-state index contributed by atoms with van der Waals surface area (Å²) in [5.41, 5.74) is 0. The Morgan fingerprint density at radius 2 is 1.85 bits per heavy atom. The van der Waals surface area contributed by atoms with Crippen molar-refractivity contribution in [2.75, 3.05) is 39.5 Å². The topological polar surface area (TPSA) is 53.9 Å². The fourth-order valence-electron chi connectivity index (χ4n) is 2.27. The van der Waals surface area contributed by atoms with Crippen LogP contribution < -0.4 is 10.1 Å². The molecular weight excluding hydrogens is 497 g/mol. The van der Waals surface area contributed by atoms with Gasteiger partial charge in [-0.3, -0.25) is 9.20 Å². The smallest absolute Gasteiger partial charge is 0.193 e. The summed E-state index contributed by atoms with van der Waals surface area (Å²) in [7, 11) is 2.65. The van der Waals surface area contributed by atoms with Gasteiger partial charge in [-0.1, -0.05) is 29.8 Å². The first-order chi connectivity index (χ1) is 12.6. The molecule has 0 heterocycles. The molecule has 2 aromatic carbocycles. The Hall–Kier alpha value is -1.32. The maximum absolute atomic E-state index is 12.2. The number of guanidine groups is 1. The lowest BCUT2D eigenvalue weighted by Gasteiger charge is -2.22. The molecule has 0 aliphatic heterocycles. The molecule has 8 heteroatoms. The molecule has 0 aliphatic rings. The van der Waals surface area contributed by atoms with Crippen molar-refractivity contribution >= 4 is 52.3 Å². The minimum Gasteiger partial charge on any atom is -0.492 e. The highest BCUT2D eigenvalue weighted by atomic mass is 127. The van der Waals surface area contributed by atoms with E-state index in [4.69, 9.17) is 16.3 Å². The predicted octanol–water partition coefficient (Wildman–Crippen LogP) is 3.65. The van der Waals surface area contributed by atoms with Crippen LogP contribution in [0.4, 0.5) is 0 Å². The van der Waals surface area contributed by atoms with Gasteiger partial charge in [-0.15, -0.1) is 24.0 Å². The molecule has 1 N–H and O–H groups in total. The Labute approximate surface area is 185 Å². The summed E-state index contributed by atoms with van der Waals surface area (Å²) in [4.78, 5) is 7.07. The third kappa shape index (κ3) is 8.49. The Balaban J connectivity index is 0.00000364. The molecular formula is C19H25ClIN3O2S. The van der Waals surface area contributed by atoms with E-state index in [0.717, 1.165) is 16.6 Å². The number of nitrogens with one attached hydrogen (secondary N) is 1. The van der Waals surface area contributed by atoms with Crippen LogP contribution in [-0.4, -0.2) is 54.6 Å². The molecule has 0 aliphatic carbocycles. The van der Waals surface area contributed by atoms with Gasteiger partial charge in [0.25, 0.3) is 0 Å². The molecule has 0 amide bonds. The number of halogens is 2. The van der Waals surface area contributed by atoms with E-state index in [9.17, 15) is 4.21 Å². The number of rotatable bonds is 8. The molecule has 0 spiro atoms. The van der Waals surface area contributed by atoms with E-state index in [1.54, 1.807) is 19.2 Å². The summed E-state index contributed by atoms with van der Waals surface area (Å²) in [6, 6.07) is 16.8. The van der Waals surface area contributed by atoms with Crippen LogP contribution in [0.25, 0.3) is 0 Å². The van der Waals surface area contributed by atoms with Gasteiger partial charge in [-0.2, -0.15) is 0 Å². The monoisotopic (exact) mass is 521 g/mol. The number of nitrogens with zero attached hydrogens (tertiary/aromatic N) is 2. The van der Waals surface area contributed by atoms with Crippen molar-refractivity contribution in [3.63, 3.8) is 0 Å². The summed E-state index contributed by atoms with van der Waals surface area (Å²) in [6.45, 7) is 1.77. The third-order valence-electron chi connectivity index (χ3n) is 3.66. The molecule has 148 valence electrons. The van der Waals surface area contributed by atoms with E-state index in [0.29, 0.717) is 30.5 Å². The summed E-state index contributed by atoms with van der Waals surface area (Å²) >= 11 is 5.86. The molecule has 5 nitrogen and oxygen atoms in total. The van der Waals surface area contributed by atoms with E-state index in [1.165, 1.54) is 0 Å². The minimum absolute atomic E-state index is 0. The van der Waals surface area contributed by atoms with Gasteiger partial charge in [0, 0.05) is 36.3 Å². The zero-order chi connectivity index (χ0) is 18.8. The van der Waals surface area contributed by atoms with Crippen LogP contribution in [0.3, 0.4) is 0 Å². The highest BCUT2D eigenvalue weighted by molar-refractivity contribution is 14.0. The number of ether oxygens (including phenoxy) is 1. The van der Waals surface area contributed by atoms with Crippen LogP contribution in [0.5, 0.6) is 5.75 Å². The van der Waals surface area contributed by atoms with E-state index in [1.807, 2.05) is 54.4 Å². The second-order valence-corrected chi connectivity index (χ2v) is 7.57. The van der Waals surface area contributed by atoms with Gasteiger partial charge < -0.3 is 15.0 Å². The van der Waals surface area contributed by atoms with Gasteiger partial charge in [-0.25, -0.2) is 0 Å². The second-order valence-electron chi connectivity index (χ2n) is 5.56. The fourth-order valence-corrected chi connectivity index (χ4v) is 3.38. The Kier molecular flexibility index (Phi) is 11.4. The quantitative estimate of drug-likeness (QED) is 0.327. The molecule has 0 radical (unpaired) electrons. The standard InChI is InChI=1S/C19H24ClN3O2S.HI/c1-21-19(22-12-15-26(24)18-6-4-3-5-7-18)23(2)13-14-25-17-10-8-16(20)9-11-17;/h3-11H,12-15H2,1-2H3,(H,21,22);1H. The number of hydrogen-bond donors (Lipinski definition) is 1. The fraction of sp³-hybridized carbons (Fsp3) is 0.316. The SMILES string of the molecule is CN=C(NCCS(=O)c1ccccc1)N(C)CCOc1ccc(Cl)cc1.I. The molecule has 1 unspecified atom stereocenters. The van der Waals surface area contributed by atoms with Crippen LogP contribution >= 0.6 is 35.6 Å². The minimum atomic E-state index is -1.02. The largest absolute Gasteiger partial charge is 0.492 e. The lowest BCUT2D eigenvalue weighted by atomic mass is 10.3. The third-order valence-corrected chi connectivity index (χ3v) is 5.28. The van der Waals surface area contributed by atoms with Crippen molar-refractivity contribution < 1.29 is 8.95 Å². The van der Waals surface area contributed by atoms with Crippen molar-refractivity contribution in [2.45, 2.75) is 4.90 Å². The van der Waals surface area contributed by atoms with Crippen molar-refractivity contribution in [2.24, 2.45) is 4.99 Å². The maximum Gasteiger partial charge on any atom is 0.193 e. The second kappa shape index (κ2) is 13.0. The summed E-state index contributed by atoms with van der Waals surface area (Å²) in [5, 5.41) is 3.92. The molecule has 2 aromatic rings. The van der Waals surface area contributed by atoms with Crippen LogP contribution in [-0.2, 0) is 10.8 Å². The Bertz CT molecular complexity index is 729. The van der Waals surface area contributed by atoms with Gasteiger partial charge in [0.1, 0.15) is 12.4 Å². The molecule has 1 atom stereocenters. The van der Waals surface area contributed by atoms with Crippen molar-refractivity contribution in [1.29, 1.82) is 0 Å². The number of hydrogen-bond acceptors (Lipinski definition) is 3. The van der Waals surface area contributed by atoms with Crippen LogP contribution in [0.2, 0.25) is 5.02 Å². The average molecular weight is 522 g/mol. The molecule has 0 aromatic heterocycles. The highest BCUT2D eigenvalue weighted by Crippen LogP contribution is 2.15. The zero-order valence-electron chi connectivity index (χ0n) is 15.4. The zero-order valence-corrected chi connectivity index (χ0v) is 19.3. The van der Waals surface area contributed by atoms with Crippen molar-refractivity contribution in [1.82, 2.24) is 10.2 Å². The predicted molar refractivity (Wildman–Crippen MR) is 124 cm³/mol. The first kappa shape index (κ1) is 23.7.